The van der Waals surface area contributed by atoms with Crippen LogP contribution in [0.2, 0.25) is 10.0 Å². The van der Waals surface area contributed by atoms with Gasteiger partial charge in [-0.2, -0.15) is 13.2 Å². The predicted molar refractivity (Wildman–Crippen MR) is 134 cm³/mol. The fourth-order valence-corrected chi connectivity index (χ4v) is 4.23. The lowest BCUT2D eigenvalue weighted by molar-refractivity contribution is -0.141. The molecule has 0 atom stereocenters. The van der Waals surface area contributed by atoms with E-state index in [1.54, 1.807) is 7.05 Å². The number of rotatable bonds is 7. The van der Waals surface area contributed by atoms with Crippen molar-refractivity contribution >= 4 is 40.9 Å². The monoisotopic (exact) mass is 538 g/mol. The number of carbonyl (C=O) groups excluding carboxylic acids is 2. The van der Waals surface area contributed by atoms with Gasteiger partial charge in [0.1, 0.15) is 0 Å². The summed E-state index contributed by atoms with van der Waals surface area (Å²) in [6, 6.07) is 14.8. The standard InChI is InChI=1S/C26H23Cl2F3N2O3/c1-16(34)36-12-11-17-7-9-18(10-8-17)15-33(2)25(35)32-19-13-22(27)24(23(28)14-19)20-5-3-4-6-21(20)26(29,30)31/h3-10,13-14H,11-12,15H2,1-2H3,(H,32,35). The minimum absolute atomic E-state index is 0.0264. The van der Waals surface area contributed by atoms with Crippen LogP contribution in [0.25, 0.3) is 11.1 Å². The topological polar surface area (TPSA) is 58.6 Å². The van der Waals surface area contributed by atoms with Crippen molar-refractivity contribution in [2.45, 2.75) is 26.1 Å². The molecule has 190 valence electrons. The number of ether oxygens (including phenoxy) is 1. The summed E-state index contributed by atoms with van der Waals surface area (Å²) in [5.41, 5.74) is 1.14. The maximum atomic E-state index is 13.5. The Bertz CT molecular complexity index is 1220. The first-order valence-electron chi connectivity index (χ1n) is 10.8. The van der Waals surface area contributed by atoms with Crippen molar-refractivity contribution in [2.75, 3.05) is 19.0 Å². The summed E-state index contributed by atoms with van der Waals surface area (Å²) in [7, 11) is 1.60. The zero-order valence-corrected chi connectivity index (χ0v) is 21.0. The Balaban J connectivity index is 1.69. The molecule has 0 unspecified atom stereocenters. The molecule has 1 N–H and O–H groups in total. The van der Waals surface area contributed by atoms with Crippen LogP contribution in [-0.4, -0.2) is 30.6 Å². The lowest BCUT2D eigenvalue weighted by atomic mass is 9.99. The van der Waals surface area contributed by atoms with E-state index in [4.69, 9.17) is 27.9 Å². The Morgan fingerprint density at radius 1 is 0.972 bits per heavy atom. The largest absolute Gasteiger partial charge is 0.466 e. The highest BCUT2D eigenvalue weighted by molar-refractivity contribution is 6.39. The summed E-state index contributed by atoms with van der Waals surface area (Å²) >= 11 is 12.6. The number of anilines is 1. The number of nitrogens with zero attached hydrogens (tertiary/aromatic N) is 1. The van der Waals surface area contributed by atoms with Gasteiger partial charge in [0, 0.05) is 38.2 Å². The van der Waals surface area contributed by atoms with Crippen LogP contribution in [0.4, 0.5) is 23.7 Å². The summed E-state index contributed by atoms with van der Waals surface area (Å²) in [6.45, 7) is 1.95. The van der Waals surface area contributed by atoms with Crippen LogP contribution >= 0.6 is 23.2 Å². The summed E-state index contributed by atoms with van der Waals surface area (Å²) in [4.78, 5) is 25.0. The average Bonchev–Trinajstić information content (AvgIpc) is 2.79. The number of carbonyl (C=O) groups is 2. The van der Waals surface area contributed by atoms with Crippen LogP contribution in [-0.2, 0) is 28.7 Å². The molecule has 10 heteroatoms. The van der Waals surface area contributed by atoms with Crippen molar-refractivity contribution in [2.24, 2.45) is 0 Å². The molecule has 0 spiro atoms. The Labute approximate surface area is 216 Å². The number of urea groups is 1. The van der Waals surface area contributed by atoms with Crippen LogP contribution in [0, 0.1) is 0 Å². The van der Waals surface area contributed by atoms with E-state index in [1.165, 1.54) is 42.2 Å². The van der Waals surface area contributed by atoms with Crippen molar-refractivity contribution in [1.82, 2.24) is 4.90 Å². The second-order valence-electron chi connectivity index (χ2n) is 8.05. The SMILES string of the molecule is CC(=O)OCCc1ccc(CN(C)C(=O)Nc2cc(Cl)c(-c3ccccc3C(F)(F)F)c(Cl)c2)cc1. The van der Waals surface area contributed by atoms with Gasteiger partial charge in [0.25, 0.3) is 0 Å². The molecule has 0 aliphatic heterocycles. The Morgan fingerprint density at radius 3 is 2.14 bits per heavy atom. The van der Waals surface area contributed by atoms with Gasteiger partial charge < -0.3 is 15.0 Å². The molecule has 3 rings (SSSR count). The zero-order chi connectivity index (χ0) is 26.5. The molecule has 0 fully saturated rings. The Kier molecular flexibility index (Phi) is 8.87. The van der Waals surface area contributed by atoms with Crippen molar-refractivity contribution in [3.8, 4) is 11.1 Å². The van der Waals surface area contributed by atoms with Crippen LogP contribution < -0.4 is 5.32 Å². The Hall–Kier alpha value is -3.23. The minimum atomic E-state index is -4.58. The van der Waals surface area contributed by atoms with Gasteiger partial charge in [0.2, 0.25) is 0 Å². The maximum Gasteiger partial charge on any atom is 0.417 e. The number of alkyl halides is 3. The number of nitrogens with one attached hydrogen (secondary N) is 1. The third-order valence-corrected chi connectivity index (χ3v) is 5.88. The number of halogens is 5. The number of hydrogen-bond acceptors (Lipinski definition) is 3. The van der Waals surface area contributed by atoms with E-state index in [1.807, 2.05) is 24.3 Å². The van der Waals surface area contributed by atoms with E-state index in [0.29, 0.717) is 19.6 Å². The molecule has 0 saturated carbocycles. The molecule has 3 aromatic carbocycles. The second-order valence-corrected chi connectivity index (χ2v) is 8.87. The summed E-state index contributed by atoms with van der Waals surface area (Å²) < 4.78 is 45.3. The molecule has 0 saturated heterocycles. The molecule has 0 bridgehead atoms. The first-order chi connectivity index (χ1) is 17.0. The summed E-state index contributed by atoms with van der Waals surface area (Å²) in [5.74, 6) is -0.331. The second kappa shape index (κ2) is 11.7. The average molecular weight is 539 g/mol. The minimum Gasteiger partial charge on any atom is -0.466 e. The van der Waals surface area contributed by atoms with Crippen LogP contribution in [0.1, 0.15) is 23.6 Å². The summed E-state index contributed by atoms with van der Waals surface area (Å²) in [5, 5.41) is 2.61. The normalized spacial score (nSPS) is 11.2. The van der Waals surface area contributed by atoms with Gasteiger partial charge in [0.05, 0.1) is 22.2 Å². The predicted octanol–water partition coefficient (Wildman–Crippen LogP) is 7.45. The molecular weight excluding hydrogens is 516 g/mol. The number of esters is 1. The molecule has 0 heterocycles. The van der Waals surface area contributed by atoms with E-state index >= 15 is 0 Å². The van der Waals surface area contributed by atoms with Gasteiger partial charge in [-0.25, -0.2) is 4.79 Å². The Morgan fingerprint density at radius 2 is 1.56 bits per heavy atom. The summed E-state index contributed by atoms with van der Waals surface area (Å²) in [6.07, 6.45) is -4.00. The third-order valence-electron chi connectivity index (χ3n) is 5.28. The maximum absolute atomic E-state index is 13.5. The molecular formula is C26H23Cl2F3N2O3. The molecule has 0 aliphatic carbocycles. The lowest BCUT2D eigenvalue weighted by Crippen LogP contribution is -2.30. The van der Waals surface area contributed by atoms with Gasteiger partial charge in [-0.3, -0.25) is 4.79 Å². The van der Waals surface area contributed by atoms with Gasteiger partial charge in [-0.05, 0) is 34.9 Å². The zero-order valence-electron chi connectivity index (χ0n) is 19.5. The smallest absolute Gasteiger partial charge is 0.417 e. The molecule has 0 radical (unpaired) electrons. The molecule has 3 aromatic rings. The van der Waals surface area contributed by atoms with Crippen molar-refractivity contribution in [3.63, 3.8) is 0 Å². The van der Waals surface area contributed by atoms with Crippen LogP contribution in [0.3, 0.4) is 0 Å². The van der Waals surface area contributed by atoms with Crippen LogP contribution in [0.5, 0.6) is 0 Å². The van der Waals surface area contributed by atoms with Crippen LogP contribution in [0.15, 0.2) is 60.7 Å². The molecule has 0 aromatic heterocycles. The van der Waals surface area contributed by atoms with Gasteiger partial charge >= 0.3 is 18.2 Å². The first-order valence-corrected chi connectivity index (χ1v) is 11.6. The van der Waals surface area contributed by atoms with E-state index in [9.17, 15) is 22.8 Å². The molecule has 5 nitrogen and oxygen atoms in total. The first kappa shape index (κ1) is 27.4. The number of amides is 2. The highest BCUT2D eigenvalue weighted by Gasteiger charge is 2.34. The van der Waals surface area contributed by atoms with Crippen molar-refractivity contribution in [3.05, 3.63) is 87.4 Å². The lowest BCUT2D eigenvalue weighted by Gasteiger charge is -2.20. The third kappa shape index (κ3) is 7.15. The van der Waals surface area contributed by atoms with E-state index < -0.39 is 17.8 Å². The highest BCUT2D eigenvalue weighted by atomic mass is 35.5. The molecule has 2 amide bonds. The molecule has 36 heavy (non-hydrogen) atoms. The number of benzene rings is 3. The fraction of sp³-hybridized carbons (Fsp3) is 0.231. The quantitative estimate of drug-likeness (QED) is 0.318. The van der Waals surface area contributed by atoms with Gasteiger partial charge in [-0.1, -0.05) is 65.7 Å². The van der Waals surface area contributed by atoms with E-state index in [0.717, 1.165) is 17.2 Å². The molecule has 0 aliphatic rings. The highest BCUT2D eigenvalue weighted by Crippen LogP contribution is 2.43. The number of hydrogen-bond donors (Lipinski definition) is 1. The van der Waals surface area contributed by atoms with E-state index in [-0.39, 0.29) is 32.8 Å². The fourth-order valence-electron chi connectivity index (χ4n) is 3.54. The van der Waals surface area contributed by atoms with Crippen molar-refractivity contribution < 1.29 is 27.5 Å². The van der Waals surface area contributed by atoms with Gasteiger partial charge in [0.15, 0.2) is 0 Å². The van der Waals surface area contributed by atoms with E-state index in [2.05, 4.69) is 5.32 Å². The van der Waals surface area contributed by atoms with Crippen molar-refractivity contribution in [1.29, 1.82) is 0 Å². The van der Waals surface area contributed by atoms with Gasteiger partial charge in [-0.15, -0.1) is 0 Å².